The number of carbonyl (C=O) groups is 1. The fourth-order valence-corrected chi connectivity index (χ4v) is 5.99. The highest BCUT2D eigenvalue weighted by Gasteiger charge is 2.32. The van der Waals surface area contributed by atoms with Gasteiger partial charge in [0.05, 0.1) is 40.5 Å². The molecule has 4 aromatic rings. The van der Waals surface area contributed by atoms with Crippen molar-refractivity contribution in [3.63, 3.8) is 0 Å². The number of allylic oxidation sites excluding steroid dienone is 1. The van der Waals surface area contributed by atoms with E-state index in [9.17, 15) is 9.59 Å². The molecule has 9 heteroatoms. The number of fused-ring (bicyclic) bond motifs is 1. The zero-order valence-corrected chi connectivity index (χ0v) is 23.3. The van der Waals surface area contributed by atoms with Crippen LogP contribution >= 0.6 is 27.3 Å². The van der Waals surface area contributed by atoms with E-state index in [0.29, 0.717) is 37.8 Å². The maximum Gasteiger partial charge on any atom is 0.271 e. The molecule has 1 amide bonds. The van der Waals surface area contributed by atoms with E-state index in [0.717, 1.165) is 15.6 Å². The molecule has 3 aromatic carbocycles. The number of nitrogens with one attached hydrogen (secondary N) is 1. The van der Waals surface area contributed by atoms with Gasteiger partial charge >= 0.3 is 0 Å². The summed E-state index contributed by atoms with van der Waals surface area (Å²) in [6.45, 7) is 1.80. The average molecular weight is 590 g/mol. The van der Waals surface area contributed by atoms with Crippen molar-refractivity contribution in [1.29, 1.82) is 0 Å². The van der Waals surface area contributed by atoms with Crippen LogP contribution in [0.3, 0.4) is 0 Å². The molecule has 0 saturated heterocycles. The molecular weight excluding hydrogens is 566 g/mol. The van der Waals surface area contributed by atoms with E-state index in [1.807, 2.05) is 78.9 Å². The molecular formula is C29H24BrN3O4S. The van der Waals surface area contributed by atoms with Crippen LogP contribution in [0.15, 0.2) is 98.3 Å². The molecule has 1 aromatic heterocycles. The van der Waals surface area contributed by atoms with Gasteiger partial charge in [0.25, 0.3) is 11.5 Å². The molecule has 0 bridgehead atoms. The van der Waals surface area contributed by atoms with E-state index in [2.05, 4.69) is 21.2 Å². The quantitative estimate of drug-likeness (QED) is 0.355. The van der Waals surface area contributed by atoms with E-state index < -0.39 is 6.04 Å². The molecule has 2 heterocycles. The van der Waals surface area contributed by atoms with Crippen LogP contribution in [0.5, 0.6) is 11.5 Å². The number of carbonyl (C=O) groups excluding carboxylic acids is 1. The minimum absolute atomic E-state index is 0.231. The normalized spacial score (nSPS) is 15.1. The Bertz CT molecular complexity index is 1740. The second-order valence-corrected chi connectivity index (χ2v) is 10.4. The van der Waals surface area contributed by atoms with Crippen molar-refractivity contribution in [2.24, 2.45) is 4.99 Å². The van der Waals surface area contributed by atoms with Gasteiger partial charge in [-0.3, -0.25) is 14.2 Å². The maximum absolute atomic E-state index is 13.9. The first kappa shape index (κ1) is 25.7. The highest BCUT2D eigenvalue weighted by molar-refractivity contribution is 9.10. The molecule has 0 aliphatic carbocycles. The SMILES string of the molecule is COc1cccc(C2C(C(=O)Nc3ccccc3)=C(C)N=c3sc(=Cc4ccc(OC)c(Br)c4)c(=O)n32)c1. The number of aromatic nitrogens is 1. The number of amides is 1. The number of methoxy groups -OCH3 is 2. The Labute approximate surface area is 231 Å². The van der Waals surface area contributed by atoms with E-state index in [4.69, 9.17) is 14.5 Å². The maximum atomic E-state index is 13.9. The van der Waals surface area contributed by atoms with Gasteiger partial charge in [-0.1, -0.05) is 47.7 Å². The predicted octanol–water partition coefficient (Wildman–Crippen LogP) is 4.65. The van der Waals surface area contributed by atoms with Crippen LogP contribution in [0, 0.1) is 0 Å². The van der Waals surface area contributed by atoms with E-state index in [-0.39, 0.29) is 11.5 Å². The van der Waals surface area contributed by atoms with Crippen molar-refractivity contribution < 1.29 is 14.3 Å². The summed E-state index contributed by atoms with van der Waals surface area (Å²) in [4.78, 5) is 32.7. The summed E-state index contributed by atoms with van der Waals surface area (Å²) in [7, 11) is 3.19. The van der Waals surface area contributed by atoms with E-state index in [1.54, 1.807) is 25.7 Å². The lowest BCUT2D eigenvalue weighted by molar-refractivity contribution is -0.113. The van der Waals surface area contributed by atoms with Gasteiger partial charge in [-0.05, 0) is 76.5 Å². The lowest BCUT2D eigenvalue weighted by Gasteiger charge is -2.25. The van der Waals surface area contributed by atoms with Gasteiger partial charge in [0.2, 0.25) is 0 Å². The fraction of sp³-hybridized carbons (Fsp3) is 0.138. The molecule has 0 fully saturated rings. The number of anilines is 1. The number of ether oxygens (including phenoxy) is 2. The first-order valence-corrected chi connectivity index (χ1v) is 13.4. The number of nitrogens with zero attached hydrogens (tertiary/aromatic N) is 2. The smallest absolute Gasteiger partial charge is 0.271 e. The number of para-hydroxylation sites is 1. The summed E-state index contributed by atoms with van der Waals surface area (Å²) in [6, 6.07) is 21.5. The summed E-state index contributed by atoms with van der Waals surface area (Å²) in [5, 5.41) is 2.96. The first-order valence-electron chi connectivity index (χ1n) is 11.8. The van der Waals surface area contributed by atoms with Gasteiger partial charge in [-0.25, -0.2) is 4.99 Å². The Morgan fingerprint density at radius 3 is 2.55 bits per heavy atom. The van der Waals surface area contributed by atoms with Crippen molar-refractivity contribution in [2.45, 2.75) is 13.0 Å². The highest BCUT2D eigenvalue weighted by Crippen LogP contribution is 2.32. The number of rotatable bonds is 6. The monoisotopic (exact) mass is 589 g/mol. The molecule has 1 N–H and O–H groups in total. The van der Waals surface area contributed by atoms with Crippen molar-refractivity contribution >= 4 is 44.9 Å². The predicted molar refractivity (Wildman–Crippen MR) is 153 cm³/mol. The molecule has 1 unspecified atom stereocenters. The van der Waals surface area contributed by atoms with Gasteiger partial charge in [-0.15, -0.1) is 0 Å². The third-order valence-corrected chi connectivity index (χ3v) is 7.78. The van der Waals surface area contributed by atoms with Crippen LogP contribution in [-0.2, 0) is 4.79 Å². The van der Waals surface area contributed by atoms with E-state index in [1.165, 1.54) is 11.3 Å². The fourth-order valence-electron chi connectivity index (χ4n) is 4.38. The molecule has 38 heavy (non-hydrogen) atoms. The second-order valence-electron chi connectivity index (χ2n) is 8.57. The number of thiazole rings is 1. The van der Waals surface area contributed by atoms with Gasteiger partial charge in [0.1, 0.15) is 11.5 Å². The molecule has 0 spiro atoms. The Hall–Kier alpha value is -3.95. The average Bonchev–Trinajstić information content (AvgIpc) is 3.22. The van der Waals surface area contributed by atoms with Crippen LogP contribution in [-0.4, -0.2) is 24.7 Å². The van der Waals surface area contributed by atoms with Gasteiger partial charge < -0.3 is 14.8 Å². The van der Waals surface area contributed by atoms with Crippen molar-refractivity contribution in [3.8, 4) is 11.5 Å². The lowest BCUT2D eigenvalue weighted by atomic mass is 9.95. The minimum Gasteiger partial charge on any atom is -0.497 e. The summed E-state index contributed by atoms with van der Waals surface area (Å²) in [6.07, 6.45) is 1.82. The molecule has 192 valence electrons. The standard InChI is InChI=1S/C29H24BrN3O4S/c1-17-25(27(34)32-20-9-5-4-6-10-20)26(19-8-7-11-21(16-19)36-2)33-28(35)24(38-29(33)31-17)15-18-12-13-23(37-3)22(30)14-18/h4-16,26H,1-3H3,(H,32,34). The molecule has 1 aliphatic heterocycles. The lowest BCUT2D eigenvalue weighted by Crippen LogP contribution is -2.40. The third kappa shape index (κ3) is 4.94. The Morgan fingerprint density at radius 2 is 1.84 bits per heavy atom. The van der Waals surface area contributed by atoms with Crippen molar-refractivity contribution in [2.75, 3.05) is 19.5 Å². The van der Waals surface area contributed by atoms with Crippen molar-refractivity contribution in [3.05, 3.63) is 119 Å². The van der Waals surface area contributed by atoms with Crippen LogP contribution in [0.2, 0.25) is 0 Å². The zero-order chi connectivity index (χ0) is 26.8. The molecule has 0 radical (unpaired) electrons. The number of hydrogen-bond donors (Lipinski definition) is 1. The van der Waals surface area contributed by atoms with Crippen LogP contribution in [0.1, 0.15) is 24.1 Å². The van der Waals surface area contributed by atoms with Gasteiger partial charge in [0.15, 0.2) is 4.80 Å². The summed E-state index contributed by atoms with van der Waals surface area (Å²) >= 11 is 4.79. The number of halogens is 1. The Morgan fingerprint density at radius 1 is 1.05 bits per heavy atom. The highest BCUT2D eigenvalue weighted by atomic mass is 79.9. The topological polar surface area (TPSA) is 81.9 Å². The third-order valence-electron chi connectivity index (χ3n) is 6.18. The largest absolute Gasteiger partial charge is 0.497 e. The Balaban J connectivity index is 1.67. The number of benzene rings is 3. The van der Waals surface area contributed by atoms with Gasteiger partial charge in [0, 0.05) is 5.69 Å². The van der Waals surface area contributed by atoms with Crippen molar-refractivity contribution in [1.82, 2.24) is 4.57 Å². The van der Waals surface area contributed by atoms with Crippen LogP contribution in [0.4, 0.5) is 5.69 Å². The zero-order valence-electron chi connectivity index (χ0n) is 20.9. The molecule has 7 nitrogen and oxygen atoms in total. The summed E-state index contributed by atoms with van der Waals surface area (Å²) in [5.74, 6) is 1.01. The molecule has 1 atom stereocenters. The molecule has 0 saturated carbocycles. The van der Waals surface area contributed by atoms with Crippen LogP contribution in [0.25, 0.3) is 6.08 Å². The minimum atomic E-state index is -0.685. The molecule has 1 aliphatic rings. The van der Waals surface area contributed by atoms with Gasteiger partial charge in [-0.2, -0.15) is 0 Å². The summed E-state index contributed by atoms with van der Waals surface area (Å²) < 4.78 is 13.7. The second kappa shape index (κ2) is 10.8. The van der Waals surface area contributed by atoms with E-state index >= 15 is 0 Å². The Kier molecular flexibility index (Phi) is 7.31. The summed E-state index contributed by atoms with van der Waals surface area (Å²) in [5.41, 5.74) is 2.95. The molecule has 5 rings (SSSR count). The first-order chi connectivity index (χ1) is 18.4. The van der Waals surface area contributed by atoms with Crippen LogP contribution < -0.4 is 29.7 Å². The number of hydrogen-bond acceptors (Lipinski definition) is 6.